The molecule has 1 heterocycles. The number of hydrogen-bond acceptors (Lipinski definition) is 6. The molecule has 0 radical (unpaired) electrons. The van der Waals surface area contributed by atoms with Crippen LogP contribution in [0.3, 0.4) is 0 Å². The summed E-state index contributed by atoms with van der Waals surface area (Å²) in [5, 5.41) is 3.01. The highest BCUT2D eigenvalue weighted by atomic mass is 32.1. The van der Waals surface area contributed by atoms with E-state index in [0.29, 0.717) is 34.3 Å². The van der Waals surface area contributed by atoms with Gasteiger partial charge in [0, 0.05) is 13.1 Å². The maximum atomic E-state index is 12.9. The number of aryl methyl sites for hydroxylation is 1. The van der Waals surface area contributed by atoms with Gasteiger partial charge in [-0.2, -0.15) is 0 Å². The number of nitrogens with one attached hydrogen (secondary N) is 1. The van der Waals surface area contributed by atoms with E-state index in [9.17, 15) is 14.4 Å². The van der Waals surface area contributed by atoms with Crippen LogP contribution in [0, 0.1) is 6.92 Å². The number of nitrogens with zero attached hydrogens (tertiary/aromatic N) is 1. The van der Waals surface area contributed by atoms with Crippen LogP contribution in [0.2, 0.25) is 0 Å². The van der Waals surface area contributed by atoms with Crippen LogP contribution in [-0.4, -0.2) is 49.0 Å². The molecule has 1 aromatic carbocycles. The summed E-state index contributed by atoms with van der Waals surface area (Å²) < 4.78 is 10.7. The standard InChI is InChI=1S/C23H30N2O5S/c1-6-16-10-12-17(13-11-16)30-14-18(26)24-21-19(23(28)29-9-4)15(5)20(31-21)22(27)25(7-2)8-3/h10-13H,6-9,14H2,1-5H3,(H,24,26). The number of carbonyl (C=O) groups is 3. The minimum absolute atomic E-state index is 0.175. The van der Waals surface area contributed by atoms with Crippen molar-refractivity contribution >= 4 is 34.1 Å². The summed E-state index contributed by atoms with van der Waals surface area (Å²) in [4.78, 5) is 40.0. The van der Waals surface area contributed by atoms with E-state index in [1.165, 1.54) is 5.56 Å². The molecule has 0 saturated carbocycles. The van der Waals surface area contributed by atoms with Gasteiger partial charge in [-0.1, -0.05) is 19.1 Å². The van der Waals surface area contributed by atoms with Crippen molar-refractivity contribution < 1.29 is 23.9 Å². The van der Waals surface area contributed by atoms with Crippen LogP contribution in [0.4, 0.5) is 5.00 Å². The van der Waals surface area contributed by atoms with Crippen LogP contribution in [-0.2, 0) is 16.0 Å². The minimum atomic E-state index is -0.568. The van der Waals surface area contributed by atoms with Crippen LogP contribution in [0.25, 0.3) is 0 Å². The molecule has 8 heteroatoms. The number of hydrogen-bond donors (Lipinski definition) is 1. The first kappa shape index (κ1) is 24.4. The predicted octanol–water partition coefficient (Wildman–Crippen LogP) is 4.30. The van der Waals surface area contributed by atoms with E-state index in [0.717, 1.165) is 17.8 Å². The van der Waals surface area contributed by atoms with Gasteiger partial charge in [-0.25, -0.2) is 4.79 Å². The van der Waals surface area contributed by atoms with Crippen LogP contribution < -0.4 is 10.1 Å². The first-order valence-corrected chi connectivity index (χ1v) is 11.3. The van der Waals surface area contributed by atoms with Crippen LogP contribution in [0.15, 0.2) is 24.3 Å². The molecule has 0 fully saturated rings. The minimum Gasteiger partial charge on any atom is -0.484 e. The number of thiophene rings is 1. The van der Waals surface area contributed by atoms with E-state index >= 15 is 0 Å². The lowest BCUT2D eigenvalue weighted by molar-refractivity contribution is -0.118. The van der Waals surface area contributed by atoms with Gasteiger partial charge in [-0.3, -0.25) is 9.59 Å². The molecular weight excluding hydrogens is 416 g/mol. The van der Waals surface area contributed by atoms with Gasteiger partial charge in [0.2, 0.25) is 0 Å². The monoisotopic (exact) mass is 446 g/mol. The number of rotatable bonds is 10. The highest BCUT2D eigenvalue weighted by molar-refractivity contribution is 7.18. The molecule has 0 atom stereocenters. The maximum Gasteiger partial charge on any atom is 0.341 e. The third-order valence-corrected chi connectivity index (χ3v) is 6.02. The zero-order valence-corrected chi connectivity index (χ0v) is 19.6. The molecule has 1 aromatic heterocycles. The van der Waals surface area contributed by atoms with Crippen molar-refractivity contribution in [2.75, 3.05) is 31.6 Å². The number of carbonyl (C=O) groups excluding carboxylic acids is 3. The number of ether oxygens (including phenoxy) is 2. The predicted molar refractivity (Wildman–Crippen MR) is 122 cm³/mol. The summed E-state index contributed by atoms with van der Waals surface area (Å²) in [5.41, 5.74) is 1.89. The van der Waals surface area contributed by atoms with Gasteiger partial charge in [0.05, 0.1) is 17.0 Å². The summed E-state index contributed by atoms with van der Waals surface area (Å²) in [7, 11) is 0. The molecule has 2 amide bonds. The molecule has 31 heavy (non-hydrogen) atoms. The van der Waals surface area contributed by atoms with Crippen LogP contribution in [0.1, 0.15) is 58.9 Å². The molecule has 0 aliphatic rings. The van der Waals surface area contributed by atoms with Crippen molar-refractivity contribution in [3.05, 3.63) is 45.8 Å². The normalized spacial score (nSPS) is 10.5. The summed E-state index contributed by atoms with van der Waals surface area (Å²) >= 11 is 1.08. The van der Waals surface area contributed by atoms with Gasteiger partial charge < -0.3 is 19.7 Å². The lowest BCUT2D eigenvalue weighted by Crippen LogP contribution is -2.30. The Hall–Kier alpha value is -2.87. The Kier molecular flexibility index (Phi) is 9.05. The summed E-state index contributed by atoms with van der Waals surface area (Å²) in [6.45, 7) is 10.3. The van der Waals surface area contributed by atoms with E-state index < -0.39 is 11.9 Å². The van der Waals surface area contributed by atoms with Gasteiger partial charge in [0.1, 0.15) is 10.8 Å². The third-order valence-electron chi connectivity index (χ3n) is 4.83. The molecule has 2 aromatic rings. The smallest absolute Gasteiger partial charge is 0.341 e. The second kappa shape index (κ2) is 11.5. The number of amides is 2. The molecule has 1 N–H and O–H groups in total. The maximum absolute atomic E-state index is 12.9. The zero-order chi connectivity index (χ0) is 23.0. The Bertz CT molecular complexity index is 917. The van der Waals surface area contributed by atoms with Crippen molar-refractivity contribution in [1.29, 1.82) is 0 Å². The molecule has 0 aliphatic heterocycles. The first-order chi connectivity index (χ1) is 14.9. The molecule has 7 nitrogen and oxygen atoms in total. The number of benzene rings is 1. The third kappa shape index (κ3) is 6.07. The fraction of sp³-hybridized carbons (Fsp3) is 0.435. The fourth-order valence-corrected chi connectivity index (χ4v) is 4.22. The summed E-state index contributed by atoms with van der Waals surface area (Å²) in [5.74, 6) is -0.585. The second-order valence-electron chi connectivity index (χ2n) is 6.79. The average Bonchev–Trinajstić information content (AvgIpc) is 3.09. The molecule has 0 spiro atoms. The molecule has 0 saturated heterocycles. The Morgan fingerprint density at radius 1 is 1.03 bits per heavy atom. The Balaban J connectivity index is 2.22. The van der Waals surface area contributed by atoms with Gasteiger partial charge >= 0.3 is 5.97 Å². The molecule has 2 rings (SSSR count). The number of anilines is 1. The van der Waals surface area contributed by atoms with Crippen molar-refractivity contribution in [3.8, 4) is 5.75 Å². The van der Waals surface area contributed by atoms with Crippen molar-refractivity contribution in [1.82, 2.24) is 4.90 Å². The molecular formula is C23H30N2O5S. The summed E-state index contributed by atoms with van der Waals surface area (Å²) in [6.07, 6.45) is 0.920. The van der Waals surface area contributed by atoms with Gasteiger partial charge in [0.15, 0.2) is 6.61 Å². The Labute approximate surface area is 187 Å². The highest BCUT2D eigenvalue weighted by Crippen LogP contribution is 2.34. The molecule has 168 valence electrons. The fourth-order valence-electron chi connectivity index (χ4n) is 3.04. The molecule has 0 aliphatic carbocycles. The Morgan fingerprint density at radius 2 is 1.68 bits per heavy atom. The molecule has 0 bridgehead atoms. The quantitative estimate of drug-likeness (QED) is 0.550. The highest BCUT2D eigenvalue weighted by Gasteiger charge is 2.28. The average molecular weight is 447 g/mol. The van der Waals surface area contributed by atoms with Gasteiger partial charge in [0.25, 0.3) is 11.8 Å². The number of esters is 1. The van der Waals surface area contributed by atoms with E-state index in [2.05, 4.69) is 12.2 Å². The largest absolute Gasteiger partial charge is 0.484 e. The van der Waals surface area contributed by atoms with Crippen molar-refractivity contribution in [2.45, 2.75) is 41.0 Å². The van der Waals surface area contributed by atoms with E-state index in [4.69, 9.17) is 9.47 Å². The second-order valence-corrected chi connectivity index (χ2v) is 7.81. The SMILES string of the molecule is CCOC(=O)c1c(NC(=O)COc2ccc(CC)cc2)sc(C(=O)N(CC)CC)c1C. The Morgan fingerprint density at radius 3 is 2.23 bits per heavy atom. The van der Waals surface area contributed by atoms with Crippen LogP contribution >= 0.6 is 11.3 Å². The molecule has 0 unspecified atom stereocenters. The van der Waals surface area contributed by atoms with Crippen LogP contribution in [0.5, 0.6) is 5.75 Å². The van der Waals surface area contributed by atoms with Crippen molar-refractivity contribution in [2.24, 2.45) is 0 Å². The lowest BCUT2D eigenvalue weighted by atomic mass is 10.1. The first-order valence-electron chi connectivity index (χ1n) is 10.5. The van der Waals surface area contributed by atoms with E-state index in [-0.39, 0.29) is 24.7 Å². The lowest BCUT2D eigenvalue weighted by Gasteiger charge is -2.18. The van der Waals surface area contributed by atoms with E-state index in [1.54, 1.807) is 18.7 Å². The topological polar surface area (TPSA) is 84.9 Å². The van der Waals surface area contributed by atoms with Crippen molar-refractivity contribution in [3.63, 3.8) is 0 Å². The zero-order valence-electron chi connectivity index (χ0n) is 18.7. The van der Waals surface area contributed by atoms with Gasteiger partial charge in [-0.05, 0) is 57.4 Å². The van der Waals surface area contributed by atoms with Gasteiger partial charge in [-0.15, -0.1) is 11.3 Å². The summed E-state index contributed by atoms with van der Waals surface area (Å²) in [6, 6.07) is 7.51. The van der Waals surface area contributed by atoms with E-state index in [1.807, 2.05) is 38.1 Å².